The molecule has 0 aliphatic carbocycles. The first kappa shape index (κ1) is 15.4. The minimum absolute atomic E-state index is 0.111. The monoisotopic (exact) mass is 277 g/mol. The van der Waals surface area contributed by atoms with Crippen LogP contribution in [0.3, 0.4) is 0 Å². The van der Waals surface area contributed by atoms with Crippen molar-refractivity contribution in [3.8, 4) is 0 Å². The second kappa shape index (κ2) is 5.57. The summed E-state index contributed by atoms with van der Waals surface area (Å²) in [6.45, 7) is 7.74. The van der Waals surface area contributed by atoms with Crippen LogP contribution in [0.2, 0.25) is 0 Å². The summed E-state index contributed by atoms with van der Waals surface area (Å²) < 4.78 is 27.8. The summed E-state index contributed by atoms with van der Waals surface area (Å²) in [5.74, 6) is 0.296. The van der Waals surface area contributed by atoms with Crippen LogP contribution in [0.15, 0.2) is 0 Å². The number of sulfone groups is 1. The maximum atomic E-state index is 11.7. The van der Waals surface area contributed by atoms with E-state index in [1.54, 1.807) is 6.92 Å². The van der Waals surface area contributed by atoms with Crippen LogP contribution in [0, 0.1) is 5.92 Å². The Morgan fingerprint density at radius 2 is 2.06 bits per heavy atom. The van der Waals surface area contributed by atoms with E-state index in [0.717, 1.165) is 0 Å². The second-order valence-electron chi connectivity index (χ2n) is 5.93. The second-order valence-corrected chi connectivity index (χ2v) is 8.16. The molecule has 0 aromatic rings. The van der Waals surface area contributed by atoms with Crippen LogP contribution >= 0.6 is 0 Å². The first-order valence-corrected chi connectivity index (χ1v) is 8.08. The Kier molecular flexibility index (Phi) is 4.78. The molecule has 0 aromatic carbocycles. The Bertz CT molecular complexity index is 397. The zero-order valence-electron chi connectivity index (χ0n) is 11.5. The summed E-state index contributed by atoms with van der Waals surface area (Å²) >= 11 is 0. The van der Waals surface area contributed by atoms with Crippen LogP contribution in [0.25, 0.3) is 0 Å². The molecule has 0 radical (unpaired) electrons. The molecule has 5 nitrogen and oxygen atoms in total. The number of esters is 1. The molecule has 1 heterocycles. The molecule has 1 aliphatic rings. The lowest BCUT2D eigenvalue weighted by molar-refractivity contribution is -0.157. The summed E-state index contributed by atoms with van der Waals surface area (Å²) in [4.78, 5) is 11.7. The summed E-state index contributed by atoms with van der Waals surface area (Å²) in [5.41, 5.74) is -0.496. The third-order valence-electron chi connectivity index (χ3n) is 2.80. The van der Waals surface area contributed by atoms with E-state index in [1.807, 2.05) is 20.8 Å². The van der Waals surface area contributed by atoms with E-state index >= 15 is 0 Å². The summed E-state index contributed by atoms with van der Waals surface area (Å²) in [5, 5.41) is 3.05. The van der Waals surface area contributed by atoms with Gasteiger partial charge in [0.2, 0.25) is 0 Å². The highest BCUT2D eigenvalue weighted by Crippen LogP contribution is 2.17. The number of hydrogen-bond donors (Lipinski definition) is 1. The van der Waals surface area contributed by atoms with Crippen LogP contribution in [0.4, 0.5) is 0 Å². The lowest BCUT2D eigenvalue weighted by atomic mass is 10.1. The van der Waals surface area contributed by atoms with E-state index in [2.05, 4.69) is 5.32 Å². The quantitative estimate of drug-likeness (QED) is 0.767. The summed E-state index contributed by atoms with van der Waals surface area (Å²) in [7, 11) is -2.85. The van der Waals surface area contributed by atoms with Crippen molar-refractivity contribution >= 4 is 15.8 Å². The van der Waals surface area contributed by atoms with E-state index in [0.29, 0.717) is 13.0 Å². The Hall–Kier alpha value is -0.620. The molecule has 1 N–H and O–H groups in total. The fourth-order valence-electron chi connectivity index (χ4n) is 1.85. The van der Waals surface area contributed by atoms with Crippen molar-refractivity contribution in [1.29, 1.82) is 0 Å². The molecule has 1 aliphatic heterocycles. The van der Waals surface area contributed by atoms with Gasteiger partial charge >= 0.3 is 5.97 Å². The van der Waals surface area contributed by atoms with Gasteiger partial charge in [0.25, 0.3) is 0 Å². The van der Waals surface area contributed by atoms with Gasteiger partial charge in [0.05, 0.1) is 11.5 Å². The SMILES string of the molecule is CC(NCC1CCS(=O)(=O)C1)C(=O)OC(C)(C)C. The largest absolute Gasteiger partial charge is 0.459 e. The number of nitrogens with one attached hydrogen (secondary N) is 1. The van der Waals surface area contributed by atoms with Crippen molar-refractivity contribution < 1.29 is 17.9 Å². The average Bonchev–Trinajstić information content (AvgIpc) is 2.52. The Balaban J connectivity index is 2.33. The van der Waals surface area contributed by atoms with Crippen molar-refractivity contribution in [3.63, 3.8) is 0 Å². The summed E-state index contributed by atoms with van der Waals surface area (Å²) in [6, 6.07) is -0.410. The van der Waals surface area contributed by atoms with Gasteiger partial charge in [-0.2, -0.15) is 0 Å². The molecular weight excluding hydrogens is 254 g/mol. The first-order chi connectivity index (χ1) is 8.09. The fraction of sp³-hybridized carbons (Fsp3) is 0.917. The van der Waals surface area contributed by atoms with Gasteiger partial charge in [0.1, 0.15) is 11.6 Å². The van der Waals surface area contributed by atoms with E-state index in [1.165, 1.54) is 0 Å². The van der Waals surface area contributed by atoms with Gasteiger partial charge in [0.15, 0.2) is 9.84 Å². The molecule has 0 spiro atoms. The zero-order valence-corrected chi connectivity index (χ0v) is 12.3. The van der Waals surface area contributed by atoms with Crippen LogP contribution in [-0.2, 0) is 19.4 Å². The Labute approximate surface area is 109 Å². The molecule has 0 amide bonds. The van der Waals surface area contributed by atoms with Gasteiger partial charge in [0, 0.05) is 0 Å². The molecule has 2 atom stereocenters. The van der Waals surface area contributed by atoms with Crippen molar-refractivity contribution in [1.82, 2.24) is 5.32 Å². The molecule has 18 heavy (non-hydrogen) atoms. The van der Waals surface area contributed by atoms with Crippen LogP contribution in [0.5, 0.6) is 0 Å². The number of hydrogen-bond acceptors (Lipinski definition) is 5. The maximum Gasteiger partial charge on any atom is 0.323 e. The van der Waals surface area contributed by atoms with Crippen molar-refractivity contribution in [2.24, 2.45) is 5.92 Å². The lowest BCUT2D eigenvalue weighted by Gasteiger charge is -2.23. The van der Waals surface area contributed by atoms with Crippen molar-refractivity contribution in [3.05, 3.63) is 0 Å². The number of carbonyl (C=O) groups is 1. The minimum Gasteiger partial charge on any atom is -0.459 e. The number of carbonyl (C=O) groups excluding carboxylic acids is 1. The van der Waals surface area contributed by atoms with Crippen LogP contribution in [0.1, 0.15) is 34.1 Å². The number of rotatable bonds is 4. The molecule has 1 fully saturated rings. The normalized spacial score (nSPS) is 24.8. The summed E-state index contributed by atoms with van der Waals surface area (Å²) in [6.07, 6.45) is 0.677. The van der Waals surface area contributed by atoms with E-state index in [9.17, 15) is 13.2 Å². The molecule has 0 bridgehead atoms. The van der Waals surface area contributed by atoms with Gasteiger partial charge < -0.3 is 10.1 Å². The predicted molar refractivity (Wildman–Crippen MR) is 70.1 cm³/mol. The van der Waals surface area contributed by atoms with Crippen molar-refractivity contribution in [2.75, 3.05) is 18.1 Å². The molecule has 1 rings (SSSR count). The van der Waals surface area contributed by atoms with Crippen LogP contribution < -0.4 is 5.32 Å². The van der Waals surface area contributed by atoms with Gasteiger partial charge in [-0.1, -0.05) is 0 Å². The van der Waals surface area contributed by atoms with Gasteiger partial charge in [-0.25, -0.2) is 8.42 Å². The third-order valence-corrected chi connectivity index (χ3v) is 4.64. The zero-order chi connectivity index (χ0) is 14.0. The maximum absolute atomic E-state index is 11.7. The Morgan fingerprint density at radius 3 is 2.50 bits per heavy atom. The molecule has 0 aromatic heterocycles. The average molecular weight is 277 g/mol. The minimum atomic E-state index is -2.85. The molecular formula is C12H23NO4S. The molecule has 1 saturated heterocycles. The smallest absolute Gasteiger partial charge is 0.323 e. The van der Waals surface area contributed by atoms with Crippen molar-refractivity contribution in [2.45, 2.75) is 45.8 Å². The van der Waals surface area contributed by atoms with Gasteiger partial charge in [-0.05, 0) is 46.6 Å². The standard InChI is InChI=1S/C12H23NO4S/c1-9(11(14)17-12(2,3)4)13-7-10-5-6-18(15,16)8-10/h9-10,13H,5-8H2,1-4H3. The van der Waals surface area contributed by atoms with Gasteiger partial charge in [-0.15, -0.1) is 0 Å². The first-order valence-electron chi connectivity index (χ1n) is 6.26. The molecule has 106 valence electrons. The Morgan fingerprint density at radius 1 is 1.44 bits per heavy atom. The molecule has 6 heteroatoms. The molecule has 2 unspecified atom stereocenters. The van der Waals surface area contributed by atoms with E-state index in [-0.39, 0.29) is 23.4 Å². The van der Waals surface area contributed by atoms with E-state index < -0.39 is 21.5 Å². The lowest BCUT2D eigenvalue weighted by Crippen LogP contribution is -2.41. The van der Waals surface area contributed by atoms with E-state index in [4.69, 9.17) is 4.74 Å². The number of ether oxygens (including phenoxy) is 1. The molecule has 0 saturated carbocycles. The predicted octanol–water partition coefficient (Wildman–Crippen LogP) is 0.741. The highest BCUT2D eigenvalue weighted by molar-refractivity contribution is 7.91. The van der Waals surface area contributed by atoms with Crippen LogP contribution in [-0.4, -0.2) is 44.1 Å². The topological polar surface area (TPSA) is 72.5 Å². The highest BCUT2D eigenvalue weighted by atomic mass is 32.2. The van der Waals surface area contributed by atoms with Gasteiger partial charge in [-0.3, -0.25) is 4.79 Å². The fourth-order valence-corrected chi connectivity index (χ4v) is 3.71. The highest BCUT2D eigenvalue weighted by Gasteiger charge is 2.29. The third kappa shape index (κ3) is 5.35.